The first kappa shape index (κ1) is 11.7. The molecule has 0 radical (unpaired) electrons. The Morgan fingerprint density at radius 3 is 2.94 bits per heavy atom. The second kappa shape index (κ2) is 4.73. The van der Waals surface area contributed by atoms with Gasteiger partial charge in [0.1, 0.15) is 5.82 Å². The Morgan fingerprint density at radius 2 is 2.17 bits per heavy atom. The van der Waals surface area contributed by atoms with E-state index in [1.165, 1.54) is 12.8 Å². The maximum atomic E-state index is 6.02. The van der Waals surface area contributed by atoms with Crippen molar-refractivity contribution in [3.63, 3.8) is 0 Å². The van der Waals surface area contributed by atoms with Gasteiger partial charge >= 0.3 is 0 Å². The molecule has 0 spiro atoms. The van der Waals surface area contributed by atoms with Crippen molar-refractivity contribution in [2.45, 2.75) is 19.8 Å². The van der Waals surface area contributed by atoms with Gasteiger partial charge in [0.2, 0.25) is 5.28 Å². The summed E-state index contributed by atoms with van der Waals surface area (Å²) in [6.07, 6.45) is 2.47. The number of hydrogen-bond acceptors (Lipinski definition) is 3. The van der Waals surface area contributed by atoms with Crippen LogP contribution in [0.1, 0.15) is 19.8 Å². The molecule has 1 unspecified atom stereocenters. The Kier molecular flexibility index (Phi) is 3.08. The van der Waals surface area contributed by atoms with Crippen LogP contribution in [-0.4, -0.2) is 23.1 Å². The number of rotatable bonds is 2. The van der Waals surface area contributed by atoms with Crippen LogP contribution >= 0.6 is 11.6 Å². The molecule has 1 fully saturated rings. The molecule has 1 saturated heterocycles. The summed E-state index contributed by atoms with van der Waals surface area (Å²) in [7, 11) is 0. The fourth-order valence-corrected chi connectivity index (χ4v) is 2.80. The second-order valence-corrected chi connectivity index (χ2v) is 5.18. The maximum absolute atomic E-state index is 6.02. The number of halogens is 1. The largest absolute Gasteiger partial charge is 0.356 e. The highest BCUT2D eigenvalue weighted by Crippen LogP contribution is 2.30. The van der Waals surface area contributed by atoms with Crippen LogP contribution in [0.2, 0.25) is 5.28 Å². The summed E-state index contributed by atoms with van der Waals surface area (Å²) in [5.74, 6) is 1.76. The Bertz CT molecular complexity index is 570. The van der Waals surface area contributed by atoms with Crippen LogP contribution < -0.4 is 4.90 Å². The van der Waals surface area contributed by atoms with Gasteiger partial charge in [0.15, 0.2) is 0 Å². The highest BCUT2D eigenvalue weighted by molar-refractivity contribution is 6.28. The summed E-state index contributed by atoms with van der Waals surface area (Å²) < 4.78 is 0. The fourth-order valence-electron chi connectivity index (χ4n) is 2.63. The van der Waals surface area contributed by atoms with E-state index in [-0.39, 0.29) is 0 Å². The van der Waals surface area contributed by atoms with E-state index in [0.29, 0.717) is 5.28 Å². The molecule has 2 heterocycles. The lowest BCUT2D eigenvalue weighted by Gasteiger charge is -2.19. The first-order valence-electron chi connectivity index (χ1n) is 6.45. The van der Waals surface area contributed by atoms with E-state index < -0.39 is 0 Å². The Hall–Kier alpha value is -1.35. The zero-order chi connectivity index (χ0) is 12.5. The average Bonchev–Trinajstić information content (AvgIpc) is 2.86. The van der Waals surface area contributed by atoms with E-state index in [4.69, 9.17) is 11.6 Å². The third-order valence-corrected chi connectivity index (χ3v) is 3.89. The molecule has 3 nitrogen and oxygen atoms in total. The van der Waals surface area contributed by atoms with Crippen LogP contribution in [0.15, 0.2) is 24.3 Å². The predicted molar refractivity (Wildman–Crippen MR) is 75.2 cm³/mol. The van der Waals surface area contributed by atoms with Crippen LogP contribution in [0.3, 0.4) is 0 Å². The smallest absolute Gasteiger partial charge is 0.224 e. The number of para-hydroxylation sites is 1. The first-order chi connectivity index (χ1) is 8.78. The molecule has 0 aliphatic carbocycles. The minimum absolute atomic E-state index is 0.337. The molecule has 0 saturated carbocycles. The third-order valence-electron chi connectivity index (χ3n) is 3.72. The van der Waals surface area contributed by atoms with Gasteiger partial charge in [-0.1, -0.05) is 25.5 Å². The van der Waals surface area contributed by atoms with Gasteiger partial charge in [-0.05, 0) is 36.1 Å². The summed E-state index contributed by atoms with van der Waals surface area (Å²) in [6, 6.07) is 8.06. The molecule has 1 aromatic carbocycles. The number of nitrogens with zero attached hydrogens (tertiary/aromatic N) is 3. The number of benzene rings is 1. The van der Waals surface area contributed by atoms with Crippen molar-refractivity contribution < 1.29 is 0 Å². The average molecular weight is 262 g/mol. The van der Waals surface area contributed by atoms with Gasteiger partial charge in [0.05, 0.1) is 5.52 Å². The lowest BCUT2D eigenvalue weighted by molar-refractivity contribution is 0.569. The van der Waals surface area contributed by atoms with Crippen LogP contribution in [0.25, 0.3) is 10.9 Å². The Labute approximate surface area is 112 Å². The number of aromatic nitrogens is 2. The molecule has 0 amide bonds. The van der Waals surface area contributed by atoms with Crippen molar-refractivity contribution in [3.8, 4) is 0 Å². The number of fused-ring (bicyclic) bond motifs is 1. The Morgan fingerprint density at radius 1 is 1.33 bits per heavy atom. The minimum atomic E-state index is 0.337. The third kappa shape index (κ3) is 2.03. The van der Waals surface area contributed by atoms with Crippen LogP contribution in [0.5, 0.6) is 0 Å². The zero-order valence-electron chi connectivity index (χ0n) is 10.4. The summed E-state index contributed by atoms with van der Waals surface area (Å²) >= 11 is 6.02. The Balaban J connectivity index is 2.06. The number of hydrogen-bond donors (Lipinski definition) is 0. The summed E-state index contributed by atoms with van der Waals surface area (Å²) in [6.45, 7) is 4.39. The van der Waals surface area contributed by atoms with Gasteiger partial charge in [0.25, 0.3) is 0 Å². The van der Waals surface area contributed by atoms with E-state index in [1.54, 1.807) is 0 Å². The van der Waals surface area contributed by atoms with Crippen LogP contribution in [-0.2, 0) is 0 Å². The van der Waals surface area contributed by atoms with E-state index in [1.807, 2.05) is 18.2 Å². The molecule has 1 aliphatic rings. The van der Waals surface area contributed by atoms with E-state index in [0.717, 1.165) is 35.7 Å². The van der Waals surface area contributed by atoms with Gasteiger partial charge in [-0.2, -0.15) is 4.98 Å². The fraction of sp³-hybridized carbons (Fsp3) is 0.429. The number of anilines is 1. The normalized spacial score (nSPS) is 19.7. The zero-order valence-corrected chi connectivity index (χ0v) is 11.2. The SMILES string of the molecule is CCC1CCN(c2nc(Cl)nc3ccccc23)C1. The highest BCUT2D eigenvalue weighted by Gasteiger charge is 2.23. The molecular weight excluding hydrogens is 246 g/mol. The lowest BCUT2D eigenvalue weighted by atomic mass is 10.1. The standard InChI is InChI=1S/C14H16ClN3/c1-2-10-7-8-18(9-10)13-11-5-3-4-6-12(11)16-14(15)17-13/h3-6,10H,2,7-9H2,1H3. The van der Waals surface area contributed by atoms with Crippen molar-refractivity contribution in [1.82, 2.24) is 9.97 Å². The van der Waals surface area contributed by atoms with Crippen molar-refractivity contribution in [2.75, 3.05) is 18.0 Å². The predicted octanol–water partition coefficient (Wildman–Crippen LogP) is 3.52. The van der Waals surface area contributed by atoms with Gasteiger partial charge in [-0.3, -0.25) is 0 Å². The molecular formula is C14H16ClN3. The summed E-state index contributed by atoms with van der Waals surface area (Å²) in [5.41, 5.74) is 0.924. The van der Waals surface area contributed by atoms with Crippen molar-refractivity contribution >= 4 is 28.3 Å². The summed E-state index contributed by atoms with van der Waals surface area (Å²) in [5, 5.41) is 1.43. The van der Waals surface area contributed by atoms with E-state index in [2.05, 4.69) is 27.9 Å². The van der Waals surface area contributed by atoms with Gasteiger partial charge in [-0.15, -0.1) is 0 Å². The van der Waals surface area contributed by atoms with Crippen molar-refractivity contribution in [1.29, 1.82) is 0 Å². The minimum Gasteiger partial charge on any atom is -0.356 e. The molecule has 94 valence electrons. The van der Waals surface area contributed by atoms with Gasteiger partial charge in [-0.25, -0.2) is 4.98 Å². The molecule has 4 heteroatoms. The quantitative estimate of drug-likeness (QED) is 0.775. The second-order valence-electron chi connectivity index (χ2n) is 4.84. The van der Waals surface area contributed by atoms with E-state index in [9.17, 15) is 0 Å². The molecule has 0 bridgehead atoms. The molecule has 2 aromatic rings. The topological polar surface area (TPSA) is 29.0 Å². The molecule has 3 rings (SSSR count). The first-order valence-corrected chi connectivity index (χ1v) is 6.83. The van der Waals surface area contributed by atoms with E-state index >= 15 is 0 Å². The molecule has 1 aromatic heterocycles. The highest BCUT2D eigenvalue weighted by atomic mass is 35.5. The maximum Gasteiger partial charge on any atom is 0.224 e. The van der Waals surface area contributed by atoms with Crippen LogP contribution in [0.4, 0.5) is 5.82 Å². The van der Waals surface area contributed by atoms with Crippen LogP contribution in [0, 0.1) is 5.92 Å². The van der Waals surface area contributed by atoms with Gasteiger partial charge < -0.3 is 4.90 Å². The molecule has 1 aliphatic heterocycles. The monoisotopic (exact) mass is 261 g/mol. The lowest BCUT2D eigenvalue weighted by Crippen LogP contribution is -2.21. The van der Waals surface area contributed by atoms with Gasteiger partial charge in [0, 0.05) is 18.5 Å². The molecule has 0 N–H and O–H groups in total. The summed E-state index contributed by atoms with van der Waals surface area (Å²) in [4.78, 5) is 11.0. The molecule has 18 heavy (non-hydrogen) atoms. The van der Waals surface area contributed by atoms with Crippen molar-refractivity contribution in [3.05, 3.63) is 29.5 Å². The van der Waals surface area contributed by atoms with Crippen molar-refractivity contribution in [2.24, 2.45) is 5.92 Å². The molecule has 1 atom stereocenters.